The van der Waals surface area contributed by atoms with Gasteiger partial charge in [-0.2, -0.15) is 17.3 Å². The first-order valence-corrected chi connectivity index (χ1v) is 14.6. The fourth-order valence-corrected chi connectivity index (χ4v) is 6.28. The Labute approximate surface area is 218 Å². The van der Waals surface area contributed by atoms with E-state index in [1.54, 1.807) is 0 Å². The van der Waals surface area contributed by atoms with Gasteiger partial charge < -0.3 is 20.1 Å². The van der Waals surface area contributed by atoms with Gasteiger partial charge in [-0.3, -0.25) is 9.69 Å². The van der Waals surface area contributed by atoms with E-state index in [1.165, 1.54) is 0 Å². The maximum Gasteiger partial charge on any atom is 0.416 e. The molecule has 1 amide bonds. The Morgan fingerprint density at radius 3 is 2.55 bits per heavy atom. The van der Waals surface area contributed by atoms with Crippen LogP contribution in [0.3, 0.4) is 0 Å². The molecular formula is C24H32F3N5O5S. The number of carbonyl (C=O) groups excluding carboxylic acids is 1. The lowest BCUT2D eigenvalue weighted by atomic mass is 9.82. The number of alkyl halides is 3. The van der Waals surface area contributed by atoms with Crippen molar-refractivity contribution in [3.63, 3.8) is 0 Å². The predicted octanol–water partition coefficient (Wildman–Crippen LogP) is 2.40. The number of likely N-dealkylation sites (tertiary alicyclic amines) is 1. The number of benzene rings is 1. The third-order valence-corrected chi connectivity index (χ3v) is 8.42. The Bertz CT molecular complexity index is 1290. The number of carbonyl (C=O) groups is 1. The van der Waals surface area contributed by atoms with E-state index in [0.29, 0.717) is 22.7 Å². The molecule has 0 spiro atoms. The minimum atomic E-state index is -4.61. The molecule has 1 aliphatic carbocycles. The highest BCUT2D eigenvalue weighted by Gasteiger charge is 2.47. The largest absolute Gasteiger partial charge is 0.416 e. The summed E-state index contributed by atoms with van der Waals surface area (Å²) in [5, 5.41) is 9.52. The maximum atomic E-state index is 13.2. The van der Waals surface area contributed by atoms with Crippen molar-refractivity contribution in [3.05, 3.63) is 23.8 Å². The van der Waals surface area contributed by atoms with Gasteiger partial charge in [-0.15, -0.1) is 5.10 Å². The van der Waals surface area contributed by atoms with Gasteiger partial charge in [0.2, 0.25) is 5.91 Å². The summed E-state index contributed by atoms with van der Waals surface area (Å²) in [5.74, 6) is 0.0882. The molecule has 38 heavy (non-hydrogen) atoms. The molecule has 5 rings (SSSR count). The summed E-state index contributed by atoms with van der Waals surface area (Å²) in [6.07, 6.45) is 0.851. The number of nitrogens with zero attached hydrogens (tertiary/aromatic N) is 3. The Hall–Kier alpha value is -2.42. The third kappa shape index (κ3) is 5.77. The number of amides is 1. The summed E-state index contributed by atoms with van der Waals surface area (Å²) in [5.41, 5.74) is -0.942. The van der Waals surface area contributed by atoms with Gasteiger partial charge in [0.25, 0.3) is 10.0 Å². The van der Waals surface area contributed by atoms with E-state index in [4.69, 9.17) is 9.47 Å². The van der Waals surface area contributed by atoms with Crippen LogP contribution in [0.5, 0.6) is 0 Å². The Morgan fingerprint density at radius 1 is 1.21 bits per heavy atom. The van der Waals surface area contributed by atoms with Crippen LogP contribution in [-0.4, -0.2) is 85.4 Å². The monoisotopic (exact) mass is 559 g/mol. The van der Waals surface area contributed by atoms with Crippen LogP contribution in [0.15, 0.2) is 18.2 Å². The van der Waals surface area contributed by atoms with Gasteiger partial charge in [0.1, 0.15) is 6.10 Å². The number of hydrogen-bond donors (Lipinski definition) is 2. The molecule has 2 aromatic rings. The molecule has 2 N–H and O–H groups in total. The van der Waals surface area contributed by atoms with Crippen molar-refractivity contribution in [2.45, 2.75) is 63.3 Å². The number of halogens is 3. The van der Waals surface area contributed by atoms with Crippen LogP contribution in [-0.2, 0) is 30.5 Å². The van der Waals surface area contributed by atoms with Gasteiger partial charge >= 0.3 is 6.18 Å². The van der Waals surface area contributed by atoms with Crippen LogP contribution in [0.1, 0.15) is 38.2 Å². The highest BCUT2D eigenvalue weighted by atomic mass is 32.2. The smallest absolute Gasteiger partial charge is 0.359 e. The number of aromatic nitrogens is 2. The molecule has 0 bridgehead atoms. The van der Waals surface area contributed by atoms with Crippen LogP contribution in [0, 0.1) is 5.92 Å². The Balaban J connectivity index is 1.11. The van der Waals surface area contributed by atoms with Crippen LogP contribution < -0.4 is 10.6 Å². The van der Waals surface area contributed by atoms with Crippen LogP contribution >= 0.6 is 0 Å². The molecule has 1 aromatic carbocycles. The molecule has 10 nitrogen and oxygen atoms in total. The molecule has 2 aliphatic heterocycles. The zero-order valence-corrected chi connectivity index (χ0v) is 22.0. The quantitative estimate of drug-likeness (QED) is 0.450. The number of ether oxygens (including phenoxy) is 2. The number of epoxide rings is 1. The van der Waals surface area contributed by atoms with Crippen LogP contribution in [0.4, 0.5) is 19.0 Å². The number of fused-ring (bicyclic) bond motifs is 1. The van der Waals surface area contributed by atoms with Gasteiger partial charge in [-0.05, 0) is 56.7 Å². The zero-order chi connectivity index (χ0) is 27.2. The van der Waals surface area contributed by atoms with Gasteiger partial charge in [-0.25, -0.2) is 8.42 Å². The normalized spacial score (nSPS) is 26.8. The average Bonchev–Trinajstić information content (AvgIpc) is 3.49. The fourth-order valence-electron chi connectivity index (χ4n) is 5.53. The first-order valence-electron chi connectivity index (χ1n) is 12.8. The number of anilines is 1. The lowest BCUT2D eigenvalue weighted by Gasteiger charge is -2.46. The number of rotatable bonds is 9. The molecule has 3 fully saturated rings. The van der Waals surface area contributed by atoms with Crippen LogP contribution in [0.2, 0.25) is 0 Å². The van der Waals surface area contributed by atoms with E-state index in [1.807, 2.05) is 6.92 Å². The van der Waals surface area contributed by atoms with Gasteiger partial charge in [0, 0.05) is 31.1 Å². The van der Waals surface area contributed by atoms with E-state index in [2.05, 4.69) is 20.6 Å². The Kier molecular flexibility index (Phi) is 7.35. The average molecular weight is 560 g/mol. The van der Waals surface area contributed by atoms with Crippen molar-refractivity contribution in [2.24, 2.45) is 5.92 Å². The van der Waals surface area contributed by atoms with Gasteiger partial charge in [-0.1, -0.05) is 0 Å². The third-order valence-electron chi connectivity index (χ3n) is 7.52. The number of nitrogens with one attached hydrogen (secondary N) is 2. The molecule has 3 aliphatic rings. The zero-order valence-electron chi connectivity index (χ0n) is 21.2. The summed E-state index contributed by atoms with van der Waals surface area (Å²) in [6, 6.07) is 3.15. The molecule has 210 valence electrons. The van der Waals surface area contributed by atoms with E-state index in [-0.39, 0.29) is 47.6 Å². The molecule has 3 heterocycles. The molecular weight excluding hydrogens is 527 g/mol. The van der Waals surface area contributed by atoms with Crippen molar-refractivity contribution in [2.75, 3.05) is 37.8 Å². The molecule has 2 unspecified atom stereocenters. The SMILES string of the molecule is CCOC1OC1C1CCC(N2CC(NC(=O)CNc3nn(S(C)(=O)=O)c4ccc(C(F)(F)F)cc34)C2)CC1. The van der Waals surface area contributed by atoms with E-state index in [0.717, 1.165) is 63.2 Å². The lowest BCUT2D eigenvalue weighted by Crippen LogP contribution is -2.63. The van der Waals surface area contributed by atoms with Gasteiger partial charge in [0.15, 0.2) is 12.1 Å². The second-order valence-electron chi connectivity index (χ2n) is 10.2. The summed E-state index contributed by atoms with van der Waals surface area (Å²) < 4.78 is 75.6. The van der Waals surface area contributed by atoms with E-state index < -0.39 is 21.8 Å². The topological polar surface area (TPSA) is 118 Å². The minimum Gasteiger partial charge on any atom is -0.359 e. The van der Waals surface area contributed by atoms with E-state index >= 15 is 0 Å². The van der Waals surface area contributed by atoms with Gasteiger partial charge in [0.05, 0.1) is 29.9 Å². The Morgan fingerprint density at radius 2 is 1.92 bits per heavy atom. The molecule has 2 saturated heterocycles. The first kappa shape index (κ1) is 27.2. The fraction of sp³-hybridized carbons (Fsp3) is 0.667. The summed E-state index contributed by atoms with van der Waals surface area (Å²) >= 11 is 0. The molecule has 2 atom stereocenters. The first-order chi connectivity index (χ1) is 17.9. The van der Waals surface area contributed by atoms with Crippen molar-refractivity contribution in [1.82, 2.24) is 19.4 Å². The minimum absolute atomic E-state index is 0.00516. The highest BCUT2D eigenvalue weighted by Crippen LogP contribution is 2.40. The molecule has 1 aromatic heterocycles. The molecule has 1 saturated carbocycles. The van der Waals surface area contributed by atoms with Crippen molar-refractivity contribution in [3.8, 4) is 0 Å². The second kappa shape index (κ2) is 10.3. The lowest BCUT2D eigenvalue weighted by molar-refractivity contribution is -0.137. The van der Waals surface area contributed by atoms with Crippen molar-refractivity contribution < 1.29 is 35.9 Å². The maximum absolute atomic E-state index is 13.2. The standard InChI is InChI=1S/C24H32F3N5O5S/c1-3-36-23-21(37-23)14-4-7-17(8-5-14)31-12-16(13-31)29-20(33)11-28-22-18-10-15(24(25,26)27)6-9-19(18)32(30-22)38(2,34)35/h6,9-10,14,16-17,21,23H,3-5,7-8,11-13H2,1-2H3,(H,28,30)(H,29,33). The predicted molar refractivity (Wildman–Crippen MR) is 133 cm³/mol. The summed E-state index contributed by atoms with van der Waals surface area (Å²) in [4.78, 5) is 14.9. The summed E-state index contributed by atoms with van der Waals surface area (Å²) in [7, 11) is -3.87. The molecule has 0 radical (unpaired) electrons. The number of hydrogen-bond acceptors (Lipinski definition) is 8. The highest BCUT2D eigenvalue weighted by molar-refractivity contribution is 7.89. The summed E-state index contributed by atoms with van der Waals surface area (Å²) in [6.45, 7) is 3.85. The van der Waals surface area contributed by atoms with E-state index in [9.17, 15) is 26.4 Å². The van der Waals surface area contributed by atoms with Crippen molar-refractivity contribution in [1.29, 1.82) is 0 Å². The van der Waals surface area contributed by atoms with Crippen LogP contribution in [0.25, 0.3) is 10.9 Å². The van der Waals surface area contributed by atoms with Crippen molar-refractivity contribution >= 4 is 32.7 Å². The second-order valence-corrected chi connectivity index (χ2v) is 12.1. The molecule has 14 heteroatoms.